The maximum absolute atomic E-state index is 11.4. The first-order valence-corrected chi connectivity index (χ1v) is 8.31. The SMILES string of the molecule is CCS(=O)(=O)CCCC(NC)C1OCCC1C. The number of rotatable bonds is 7. The summed E-state index contributed by atoms with van der Waals surface area (Å²) in [6, 6.07) is 0.277. The highest BCUT2D eigenvalue weighted by atomic mass is 32.2. The third kappa shape index (κ3) is 4.56. The number of hydrogen-bond acceptors (Lipinski definition) is 4. The van der Waals surface area contributed by atoms with E-state index >= 15 is 0 Å². The molecule has 0 spiro atoms. The highest BCUT2D eigenvalue weighted by Crippen LogP contribution is 2.24. The first kappa shape index (κ1) is 14.9. The van der Waals surface area contributed by atoms with Gasteiger partial charge in [0.2, 0.25) is 0 Å². The van der Waals surface area contributed by atoms with Gasteiger partial charge in [0.15, 0.2) is 0 Å². The Kier molecular flexibility index (Phi) is 5.89. The third-order valence-electron chi connectivity index (χ3n) is 3.62. The predicted octanol–water partition coefficient (Wildman–Crippen LogP) is 1.21. The average molecular weight is 263 g/mol. The molecule has 1 N–H and O–H groups in total. The molecule has 0 aromatic carbocycles. The van der Waals surface area contributed by atoms with Crippen LogP contribution in [0.3, 0.4) is 0 Å². The maximum Gasteiger partial charge on any atom is 0.150 e. The van der Waals surface area contributed by atoms with Gasteiger partial charge in [0.1, 0.15) is 9.84 Å². The van der Waals surface area contributed by atoms with Crippen molar-refractivity contribution < 1.29 is 13.2 Å². The van der Waals surface area contributed by atoms with Crippen LogP contribution in [-0.4, -0.2) is 45.7 Å². The Morgan fingerprint density at radius 2 is 2.18 bits per heavy atom. The van der Waals surface area contributed by atoms with E-state index in [2.05, 4.69) is 12.2 Å². The molecule has 1 saturated heterocycles. The standard InChI is InChI=1S/C12H25NO3S/c1-4-17(14,15)9-5-6-11(13-3)12-10(2)7-8-16-12/h10-13H,4-9H2,1-3H3. The zero-order valence-corrected chi connectivity index (χ0v) is 11.9. The summed E-state index contributed by atoms with van der Waals surface area (Å²) in [5.74, 6) is 1.10. The lowest BCUT2D eigenvalue weighted by Gasteiger charge is -2.25. The van der Waals surface area contributed by atoms with Crippen LogP contribution >= 0.6 is 0 Å². The van der Waals surface area contributed by atoms with Crippen molar-refractivity contribution in [2.24, 2.45) is 5.92 Å². The van der Waals surface area contributed by atoms with Crippen molar-refractivity contribution >= 4 is 9.84 Å². The van der Waals surface area contributed by atoms with Crippen LogP contribution in [0.25, 0.3) is 0 Å². The molecule has 102 valence electrons. The highest BCUT2D eigenvalue weighted by molar-refractivity contribution is 7.91. The van der Waals surface area contributed by atoms with Crippen LogP contribution in [0.5, 0.6) is 0 Å². The zero-order chi connectivity index (χ0) is 12.9. The Morgan fingerprint density at radius 1 is 1.47 bits per heavy atom. The van der Waals surface area contributed by atoms with Crippen LogP contribution in [0.1, 0.15) is 33.1 Å². The summed E-state index contributed by atoms with van der Waals surface area (Å²) in [4.78, 5) is 0. The van der Waals surface area contributed by atoms with E-state index in [4.69, 9.17) is 4.74 Å². The highest BCUT2D eigenvalue weighted by Gasteiger charge is 2.30. The van der Waals surface area contributed by atoms with Crippen molar-refractivity contribution in [1.82, 2.24) is 5.32 Å². The second kappa shape index (κ2) is 6.71. The van der Waals surface area contributed by atoms with Crippen molar-refractivity contribution in [3.8, 4) is 0 Å². The summed E-state index contributed by atoms with van der Waals surface area (Å²) in [6.45, 7) is 4.73. The summed E-state index contributed by atoms with van der Waals surface area (Å²) in [7, 11) is -0.905. The Labute approximate surface area is 105 Å². The second-order valence-electron chi connectivity index (χ2n) is 4.88. The van der Waals surface area contributed by atoms with Gasteiger partial charge in [-0.25, -0.2) is 8.42 Å². The van der Waals surface area contributed by atoms with Gasteiger partial charge in [-0.3, -0.25) is 0 Å². The Morgan fingerprint density at radius 3 is 2.65 bits per heavy atom. The van der Waals surface area contributed by atoms with Crippen LogP contribution in [0.4, 0.5) is 0 Å². The van der Waals surface area contributed by atoms with E-state index in [1.165, 1.54) is 0 Å². The van der Waals surface area contributed by atoms with E-state index in [1.54, 1.807) is 6.92 Å². The molecule has 1 heterocycles. The third-order valence-corrected chi connectivity index (χ3v) is 5.41. The summed E-state index contributed by atoms with van der Waals surface area (Å²) in [5.41, 5.74) is 0. The van der Waals surface area contributed by atoms with Crippen LogP contribution < -0.4 is 5.32 Å². The number of likely N-dealkylation sites (N-methyl/N-ethyl adjacent to an activating group) is 1. The maximum atomic E-state index is 11.4. The van der Waals surface area contributed by atoms with Gasteiger partial charge < -0.3 is 10.1 Å². The van der Waals surface area contributed by atoms with Gasteiger partial charge in [-0.1, -0.05) is 13.8 Å². The first-order valence-electron chi connectivity index (χ1n) is 6.49. The molecular formula is C12H25NO3S. The molecule has 0 amide bonds. The van der Waals surface area contributed by atoms with E-state index in [1.807, 2.05) is 7.05 Å². The van der Waals surface area contributed by atoms with Gasteiger partial charge in [-0.05, 0) is 32.2 Å². The van der Waals surface area contributed by atoms with E-state index < -0.39 is 9.84 Å². The Bertz CT molecular complexity index is 316. The minimum Gasteiger partial charge on any atom is -0.376 e. The van der Waals surface area contributed by atoms with Gasteiger partial charge in [0, 0.05) is 18.4 Å². The zero-order valence-electron chi connectivity index (χ0n) is 11.1. The average Bonchev–Trinajstić information content (AvgIpc) is 2.71. The molecule has 17 heavy (non-hydrogen) atoms. The Hall–Kier alpha value is -0.130. The molecule has 1 fully saturated rings. The smallest absolute Gasteiger partial charge is 0.150 e. The molecule has 0 aliphatic carbocycles. The van der Waals surface area contributed by atoms with Crippen molar-refractivity contribution in [1.29, 1.82) is 0 Å². The minimum atomic E-state index is -2.83. The van der Waals surface area contributed by atoms with Gasteiger partial charge in [-0.2, -0.15) is 0 Å². The second-order valence-corrected chi connectivity index (χ2v) is 7.35. The van der Waals surface area contributed by atoms with Gasteiger partial charge >= 0.3 is 0 Å². The Balaban J connectivity index is 2.37. The summed E-state index contributed by atoms with van der Waals surface area (Å²) >= 11 is 0. The molecule has 0 aromatic rings. The molecule has 0 bridgehead atoms. The fourth-order valence-corrected chi connectivity index (χ4v) is 3.27. The summed E-state index contributed by atoms with van der Waals surface area (Å²) in [6.07, 6.45) is 2.93. The van der Waals surface area contributed by atoms with Crippen molar-refractivity contribution in [2.75, 3.05) is 25.2 Å². The molecule has 1 aliphatic heterocycles. The normalized spacial score (nSPS) is 27.2. The molecule has 1 rings (SSSR count). The van der Waals surface area contributed by atoms with Crippen molar-refractivity contribution in [3.63, 3.8) is 0 Å². The van der Waals surface area contributed by atoms with Gasteiger partial charge in [0.05, 0.1) is 11.9 Å². The van der Waals surface area contributed by atoms with Crippen molar-refractivity contribution in [2.45, 2.75) is 45.3 Å². The van der Waals surface area contributed by atoms with E-state index in [9.17, 15) is 8.42 Å². The summed E-state index contributed by atoms with van der Waals surface area (Å²) < 4.78 is 28.5. The van der Waals surface area contributed by atoms with Gasteiger partial charge in [0.25, 0.3) is 0 Å². The fourth-order valence-electron chi connectivity index (χ4n) is 2.37. The topological polar surface area (TPSA) is 55.4 Å². The largest absolute Gasteiger partial charge is 0.376 e. The lowest BCUT2D eigenvalue weighted by Crippen LogP contribution is -2.40. The minimum absolute atomic E-state index is 0.240. The monoisotopic (exact) mass is 263 g/mol. The molecule has 0 aromatic heterocycles. The molecule has 4 nitrogen and oxygen atoms in total. The molecule has 1 aliphatic rings. The molecule has 0 saturated carbocycles. The van der Waals surface area contributed by atoms with Crippen LogP contribution in [0, 0.1) is 5.92 Å². The summed E-state index contributed by atoms with van der Waals surface area (Å²) in [5, 5.41) is 3.26. The number of sulfone groups is 1. The van der Waals surface area contributed by atoms with Gasteiger partial charge in [-0.15, -0.1) is 0 Å². The fraction of sp³-hybridized carbons (Fsp3) is 1.00. The van der Waals surface area contributed by atoms with Crippen molar-refractivity contribution in [3.05, 3.63) is 0 Å². The van der Waals surface area contributed by atoms with E-state index in [0.29, 0.717) is 18.1 Å². The molecule has 3 atom stereocenters. The van der Waals surface area contributed by atoms with Crippen LogP contribution in [-0.2, 0) is 14.6 Å². The van der Waals surface area contributed by atoms with E-state index in [-0.39, 0.29) is 17.9 Å². The molecule has 5 heteroatoms. The lowest BCUT2D eigenvalue weighted by atomic mass is 9.95. The van der Waals surface area contributed by atoms with E-state index in [0.717, 1.165) is 19.4 Å². The number of ether oxygens (including phenoxy) is 1. The van der Waals surface area contributed by atoms with Crippen LogP contribution in [0.15, 0.2) is 0 Å². The predicted molar refractivity (Wildman–Crippen MR) is 69.9 cm³/mol. The molecule has 3 unspecified atom stereocenters. The molecule has 0 radical (unpaired) electrons. The number of nitrogens with one attached hydrogen (secondary N) is 1. The molecular weight excluding hydrogens is 238 g/mol. The van der Waals surface area contributed by atoms with Crippen LogP contribution in [0.2, 0.25) is 0 Å². The number of hydrogen-bond donors (Lipinski definition) is 1. The quantitative estimate of drug-likeness (QED) is 0.750. The first-order chi connectivity index (χ1) is 8.00. The lowest BCUT2D eigenvalue weighted by molar-refractivity contribution is 0.0605.